The molecule has 76 valence electrons. The number of nitrogens with zero attached hydrogens (tertiary/aromatic N) is 2. The van der Waals surface area contributed by atoms with Crippen molar-refractivity contribution in [3.05, 3.63) is 41.3 Å². The van der Waals surface area contributed by atoms with E-state index < -0.39 is 0 Å². The second kappa shape index (κ2) is 3.87. The molecule has 2 rings (SSSR count). The van der Waals surface area contributed by atoms with Crippen molar-refractivity contribution in [3.63, 3.8) is 0 Å². The van der Waals surface area contributed by atoms with Crippen LogP contribution in [0.15, 0.2) is 30.6 Å². The molecule has 0 saturated heterocycles. The van der Waals surface area contributed by atoms with Crippen LogP contribution in [0.5, 0.6) is 0 Å². The molecule has 2 N–H and O–H groups in total. The van der Waals surface area contributed by atoms with Gasteiger partial charge in [0.2, 0.25) is 0 Å². The van der Waals surface area contributed by atoms with E-state index >= 15 is 0 Å². The summed E-state index contributed by atoms with van der Waals surface area (Å²) in [5, 5.41) is 0.292. The van der Waals surface area contributed by atoms with Gasteiger partial charge in [-0.15, -0.1) is 0 Å². The lowest BCUT2D eigenvalue weighted by Gasteiger charge is -2.05. The van der Waals surface area contributed by atoms with Crippen molar-refractivity contribution in [1.82, 2.24) is 9.97 Å². The molecular formula is C11H10ClN3. The lowest BCUT2D eigenvalue weighted by molar-refractivity contribution is 1.18. The maximum atomic E-state index is 5.82. The Bertz CT molecular complexity index is 480. The number of hydrogen-bond donors (Lipinski definition) is 1. The first-order valence-corrected chi connectivity index (χ1v) is 4.89. The van der Waals surface area contributed by atoms with Gasteiger partial charge in [0.15, 0.2) is 5.15 Å². The van der Waals surface area contributed by atoms with Gasteiger partial charge in [-0.1, -0.05) is 41.4 Å². The molecule has 0 amide bonds. The van der Waals surface area contributed by atoms with E-state index in [0.717, 1.165) is 5.56 Å². The molecule has 3 nitrogen and oxygen atoms in total. The van der Waals surface area contributed by atoms with Gasteiger partial charge in [-0.2, -0.15) is 0 Å². The van der Waals surface area contributed by atoms with Crippen molar-refractivity contribution in [2.75, 3.05) is 5.73 Å². The van der Waals surface area contributed by atoms with Crippen LogP contribution in [0.2, 0.25) is 5.15 Å². The topological polar surface area (TPSA) is 51.8 Å². The molecule has 1 aromatic carbocycles. The van der Waals surface area contributed by atoms with Gasteiger partial charge in [0.25, 0.3) is 0 Å². The maximum Gasteiger partial charge on any atom is 0.155 e. The number of aryl methyl sites for hydroxylation is 1. The van der Waals surface area contributed by atoms with E-state index in [4.69, 9.17) is 17.3 Å². The number of halogens is 1. The van der Waals surface area contributed by atoms with Crippen LogP contribution in [0.1, 0.15) is 5.56 Å². The van der Waals surface area contributed by atoms with Crippen LogP contribution in [-0.4, -0.2) is 9.97 Å². The van der Waals surface area contributed by atoms with Crippen LogP contribution >= 0.6 is 11.6 Å². The van der Waals surface area contributed by atoms with Gasteiger partial charge < -0.3 is 5.73 Å². The minimum Gasteiger partial charge on any atom is -0.394 e. The molecule has 0 aliphatic heterocycles. The molecule has 0 atom stereocenters. The number of nitrogen functional groups attached to an aromatic ring is 1. The number of anilines is 1. The Balaban J connectivity index is 2.54. The van der Waals surface area contributed by atoms with Gasteiger partial charge in [-0.25, -0.2) is 9.97 Å². The predicted octanol–water partition coefficient (Wildman–Crippen LogP) is 2.69. The quantitative estimate of drug-likeness (QED) is 0.751. The zero-order valence-corrected chi connectivity index (χ0v) is 8.99. The minimum atomic E-state index is 0.292. The van der Waals surface area contributed by atoms with Crippen LogP contribution in [0.4, 0.5) is 5.69 Å². The number of nitrogens with two attached hydrogens (primary N) is 1. The Labute approximate surface area is 92.9 Å². The van der Waals surface area contributed by atoms with Gasteiger partial charge in [-0.05, 0) is 6.92 Å². The summed E-state index contributed by atoms with van der Waals surface area (Å²) in [4.78, 5) is 7.93. The maximum absolute atomic E-state index is 5.82. The summed E-state index contributed by atoms with van der Waals surface area (Å²) in [6, 6.07) is 7.93. The zero-order chi connectivity index (χ0) is 10.8. The number of hydrogen-bond acceptors (Lipinski definition) is 3. The molecule has 0 spiro atoms. The van der Waals surface area contributed by atoms with E-state index in [1.54, 1.807) is 0 Å². The van der Waals surface area contributed by atoms with Crippen molar-refractivity contribution in [2.45, 2.75) is 6.92 Å². The van der Waals surface area contributed by atoms with E-state index in [9.17, 15) is 0 Å². The zero-order valence-electron chi connectivity index (χ0n) is 8.24. The molecule has 15 heavy (non-hydrogen) atoms. The highest BCUT2D eigenvalue weighted by atomic mass is 35.5. The highest BCUT2D eigenvalue weighted by Gasteiger charge is 2.07. The van der Waals surface area contributed by atoms with Crippen molar-refractivity contribution < 1.29 is 0 Å². The van der Waals surface area contributed by atoms with Crippen LogP contribution in [0.25, 0.3) is 11.3 Å². The van der Waals surface area contributed by atoms with Crippen LogP contribution in [-0.2, 0) is 0 Å². The highest BCUT2D eigenvalue weighted by Crippen LogP contribution is 2.27. The van der Waals surface area contributed by atoms with Gasteiger partial charge in [-0.3, -0.25) is 0 Å². The van der Waals surface area contributed by atoms with Crippen LogP contribution in [0.3, 0.4) is 0 Å². The second-order valence-electron chi connectivity index (χ2n) is 3.29. The normalized spacial score (nSPS) is 10.3. The van der Waals surface area contributed by atoms with E-state index in [1.807, 2.05) is 31.2 Å². The van der Waals surface area contributed by atoms with E-state index in [2.05, 4.69) is 9.97 Å². The molecule has 4 heteroatoms. The lowest BCUT2D eigenvalue weighted by atomic mass is 10.1. The van der Waals surface area contributed by atoms with Gasteiger partial charge in [0, 0.05) is 5.56 Å². The average Bonchev–Trinajstić information content (AvgIpc) is 2.24. The van der Waals surface area contributed by atoms with Crippen molar-refractivity contribution >= 4 is 17.3 Å². The predicted molar refractivity (Wildman–Crippen MR) is 61.6 cm³/mol. The van der Waals surface area contributed by atoms with Crippen molar-refractivity contribution in [3.8, 4) is 11.3 Å². The first-order valence-electron chi connectivity index (χ1n) is 4.51. The molecule has 0 aliphatic rings. The summed E-state index contributed by atoms with van der Waals surface area (Å²) < 4.78 is 0. The van der Waals surface area contributed by atoms with E-state index in [-0.39, 0.29) is 0 Å². The smallest absolute Gasteiger partial charge is 0.155 e. The lowest BCUT2D eigenvalue weighted by Crippen LogP contribution is -1.96. The average molecular weight is 220 g/mol. The summed E-state index contributed by atoms with van der Waals surface area (Å²) in [6.07, 6.45) is 1.41. The molecule has 0 saturated carbocycles. The number of benzene rings is 1. The Morgan fingerprint density at radius 3 is 2.47 bits per heavy atom. The minimum absolute atomic E-state index is 0.292. The summed E-state index contributed by atoms with van der Waals surface area (Å²) >= 11 is 5.82. The standard InChI is InChI=1S/C11H10ClN3/c1-7-2-4-8(5-3-7)10-9(13)11(12)15-6-14-10/h2-6H,13H2,1H3. The fourth-order valence-electron chi connectivity index (χ4n) is 1.32. The molecule has 2 aromatic rings. The molecule has 0 aliphatic carbocycles. The summed E-state index contributed by atoms with van der Waals surface area (Å²) in [6.45, 7) is 2.03. The number of aromatic nitrogens is 2. The van der Waals surface area contributed by atoms with E-state index in [1.165, 1.54) is 11.9 Å². The Hall–Kier alpha value is -1.61. The summed E-state index contributed by atoms with van der Waals surface area (Å²) in [5.74, 6) is 0. The Morgan fingerprint density at radius 1 is 1.13 bits per heavy atom. The summed E-state index contributed by atoms with van der Waals surface area (Å²) in [7, 11) is 0. The van der Waals surface area contributed by atoms with Crippen molar-refractivity contribution in [1.29, 1.82) is 0 Å². The molecular weight excluding hydrogens is 210 g/mol. The molecule has 1 heterocycles. The molecule has 0 radical (unpaired) electrons. The third kappa shape index (κ3) is 1.92. The SMILES string of the molecule is Cc1ccc(-c2ncnc(Cl)c2N)cc1. The van der Waals surface area contributed by atoms with Gasteiger partial charge in [0.05, 0.1) is 11.4 Å². The molecule has 0 unspecified atom stereocenters. The Morgan fingerprint density at radius 2 is 1.80 bits per heavy atom. The monoisotopic (exact) mass is 219 g/mol. The Kier molecular flexibility index (Phi) is 2.56. The van der Waals surface area contributed by atoms with Crippen LogP contribution in [0, 0.1) is 6.92 Å². The third-order valence-electron chi connectivity index (χ3n) is 2.16. The molecule has 1 aromatic heterocycles. The third-order valence-corrected chi connectivity index (χ3v) is 2.46. The number of rotatable bonds is 1. The van der Waals surface area contributed by atoms with Crippen LogP contribution < -0.4 is 5.73 Å². The first kappa shape index (κ1) is 9.93. The second-order valence-corrected chi connectivity index (χ2v) is 3.65. The van der Waals surface area contributed by atoms with E-state index in [0.29, 0.717) is 16.5 Å². The first-order chi connectivity index (χ1) is 7.18. The highest BCUT2D eigenvalue weighted by molar-refractivity contribution is 6.32. The molecule has 0 fully saturated rings. The fourth-order valence-corrected chi connectivity index (χ4v) is 1.45. The largest absolute Gasteiger partial charge is 0.394 e. The summed E-state index contributed by atoms with van der Waals surface area (Å²) in [5.41, 5.74) is 9.03. The van der Waals surface area contributed by atoms with Gasteiger partial charge >= 0.3 is 0 Å². The van der Waals surface area contributed by atoms with Gasteiger partial charge in [0.1, 0.15) is 6.33 Å². The fraction of sp³-hybridized carbons (Fsp3) is 0.0909. The molecule has 0 bridgehead atoms. The van der Waals surface area contributed by atoms with Crippen molar-refractivity contribution in [2.24, 2.45) is 0 Å².